The van der Waals surface area contributed by atoms with Gasteiger partial charge in [-0.05, 0) is 78.6 Å². The number of benzene rings is 2. The number of amides is 1. The third-order valence-electron chi connectivity index (χ3n) is 7.33. The Morgan fingerprint density at radius 2 is 1.95 bits per heavy atom. The first-order valence-corrected chi connectivity index (χ1v) is 17.5. The second-order valence-electron chi connectivity index (χ2n) is 11.6. The van der Waals surface area contributed by atoms with E-state index in [0.717, 1.165) is 29.7 Å². The van der Waals surface area contributed by atoms with Gasteiger partial charge in [0.1, 0.15) is 30.9 Å². The molecule has 0 radical (unpaired) electrons. The first-order chi connectivity index (χ1) is 20.6. The zero-order chi connectivity index (χ0) is 30.3. The molecule has 3 aromatic heterocycles. The number of aldehydes is 1. The van der Waals surface area contributed by atoms with Crippen molar-refractivity contribution in [2.45, 2.75) is 38.5 Å². The van der Waals surface area contributed by atoms with Gasteiger partial charge in [-0.2, -0.15) is 0 Å². The van der Waals surface area contributed by atoms with Crippen molar-refractivity contribution < 1.29 is 14.7 Å². The van der Waals surface area contributed by atoms with Crippen LogP contribution < -0.4 is 11.1 Å². The number of hydrogen-bond acceptors (Lipinski definition) is 7. The molecule has 6 rings (SSSR count). The summed E-state index contributed by atoms with van der Waals surface area (Å²) in [5, 5.41) is 12.9. The highest BCUT2D eigenvalue weighted by molar-refractivity contribution is 6.83. The lowest BCUT2D eigenvalue weighted by Crippen LogP contribution is -2.27. The summed E-state index contributed by atoms with van der Waals surface area (Å²) in [7, 11) is -1.60. The molecule has 5 aromatic rings. The number of pyridine rings is 2. The van der Waals surface area contributed by atoms with E-state index < -0.39 is 8.07 Å². The number of nitrogens with two attached hydrogens (primary N) is 1. The molecule has 0 unspecified atom stereocenters. The van der Waals surface area contributed by atoms with Crippen LogP contribution in [0.25, 0.3) is 28.2 Å². The van der Waals surface area contributed by atoms with E-state index in [0.29, 0.717) is 45.9 Å². The Morgan fingerprint density at radius 1 is 1.12 bits per heavy atom. The summed E-state index contributed by atoms with van der Waals surface area (Å²) in [5.41, 5.74) is 15.8. The van der Waals surface area contributed by atoms with E-state index in [4.69, 9.17) is 15.7 Å². The first-order valence-electron chi connectivity index (χ1n) is 14.0. The van der Waals surface area contributed by atoms with Gasteiger partial charge >= 0.3 is 0 Å². The van der Waals surface area contributed by atoms with Crippen LogP contribution in [0.1, 0.15) is 50.0 Å². The minimum absolute atomic E-state index is 0.0740. The number of nitrogens with zero attached hydrogens (tertiary/aromatic N) is 4. The molecular formula is C33H30N6O3Si. The number of phenols is 1. The molecule has 0 aliphatic heterocycles. The number of carbonyl (C=O) groups is 2. The molecule has 0 fully saturated rings. The fourth-order valence-corrected chi connectivity index (χ4v) is 5.74. The maximum Gasteiger partial charge on any atom is 0.251 e. The highest BCUT2D eigenvalue weighted by Crippen LogP contribution is 2.36. The SMILES string of the molecule is C[Si](C)(C)C#Cc1ccc2nc(-c3cccnc3N)n(-c3ccc4c(c3)CC[C@@H]4NC(=O)c3ccc(O)c(C=O)c3)c2n1. The van der Waals surface area contributed by atoms with Crippen LogP contribution in [0.4, 0.5) is 5.82 Å². The van der Waals surface area contributed by atoms with Crippen molar-refractivity contribution in [3.05, 3.63) is 94.8 Å². The topological polar surface area (TPSA) is 136 Å². The third kappa shape index (κ3) is 5.50. The zero-order valence-electron chi connectivity index (χ0n) is 24.0. The van der Waals surface area contributed by atoms with E-state index in [9.17, 15) is 14.7 Å². The number of fused-ring (bicyclic) bond motifs is 2. The number of nitrogen functional groups attached to an aromatic ring is 1. The van der Waals surface area contributed by atoms with Crippen molar-refractivity contribution >= 4 is 37.2 Å². The van der Waals surface area contributed by atoms with Crippen molar-refractivity contribution in [3.8, 4) is 34.3 Å². The zero-order valence-corrected chi connectivity index (χ0v) is 25.0. The fourth-order valence-electron chi connectivity index (χ4n) is 5.23. The summed E-state index contributed by atoms with van der Waals surface area (Å²) in [5.74, 6) is 3.79. The molecule has 0 bridgehead atoms. The second-order valence-corrected chi connectivity index (χ2v) is 16.3. The van der Waals surface area contributed by atoms with Crippen LogP contribution in [0, 0.1) is 11.5 Å². The van der Waals surface area contributed by atoms with Gasteiger partial charge in [0.05, 0.1) is 17.2 Å². The summed E-state index contributed by atoms with van der Waals surface area (Å²) in [4.78, 5) is 38.4. The van der Waals surface area contributed by atoms with Crippen molar-refractivity contribution in [1.29, 1.82) is 0 Å². The molecule has 2 aromatic carbocycles. The van der Waals surface area contributed by atoms with E-state index in [1.807, 2.05) is 41.0 Å². The number of carbonyl (C=O) groups excluding carboxylic acids is 2. The Hall–Kier alpha value is -5.27. The first kappa shape index (κ1) is 27.9. The molecule has 0 spiro atoms. The normalized spacial score (nSPS) is 14.2. The van der Waals surface area contributed by atoms with Gasteiger partial charge < -0.3 is 16.2 Å². The molecule has 0 saturated carbocycles. The molecule has 1 amide bonds. The van der Waals surface area contributed by atoms with E-state index in [1.54, 1.807) is 6.20 Å². The number of anilines is 1. The fraction of sp³-hybridized carbons (Fsp3) is 0.182. The van der Waals surface area contributed by atoms with E-state index in [2.05, 4.69) is 47.5 Å². The lowest BCUT2D eigenvalue weighted by atomic mass is 10.1. The molecule has 3 heterocycles. The number of aromatic hydroxyl groups is 1. The van der Waals surface area contributed by atoms with Gasteiger partial charge in [-0.3, -0.25) is 14.2 Å². The molecular weight excluding hydrogens is 556 g/mol. The minimum Gasteiger partial charge on any atom is -0.507 e. The molecule has 214 valence electrons. The Morgan fingerprint density at radius 3 is 2.72 bits per heavy atom. The van der Waals surface area contributed by atoms with E-state index in [-0.39, 0.29) is 23.3 Å². The number of imidazole rings is 1. The Balaban J connectivity index is 1.40. The van der Waals surface area contributed by atoms with Gasteiger partial charge in [-0.1, -0.05) is 31.6 Å². The maximum atomic E-state index is 13.0. The van der Waals surface area contributed by atoms with Crippen LogP contribution in [0.5, 0.6) is 5.75 Å². The van der Waals surface area contributed by atoms with Gasteiger partial charge in [0.15, 0.2) is 17.8 Å². The minimum atomic E-state index is -1.60. The summed E-state index contributed by atoms with van der Waals surface area (Å²) in [6.07, 6.45) is 3.67. The lowest BCUT2D eigenvalue weighted by Gasteiger charge is -2.16. The van der Waals surface area contributed by atoms with Crippen LogP contribution in [0.2, 0.25) is 19.6 Å². The number of aryl methyl sites for hydroxylation is 1. The Bertz CT molecular complexity index is 1980. The number of aromatic nitrogens is 4. The molecule has 1 atom stereocenters. The molecule has 1 aliphatic carbocycles. The number of rotatable bonds is 5. The number of nitrogens with one attached hydrogen (secondary N) is 1. The third-order valence-corrected chi connectivity index (χ3v) is 8.21. The Labute approximate surface area is 249 Å². The van der Waals surface area contributed by atoms with Gasteiger partial charge in [-0.25, -0.2) is 15.0 Å². The maximum absolute atomic E-state index is 13.0. The average molecular weight is 587 g/mol. The molecule has 4 N–H and O–H groups in total. The quantitative estimate of drug-likeness (QED) is 0.146. The van der Waals surface area contributed by atoms with Crippen LogP contribution in [0.3, 0.4) is 0 Å². The molecule has 10 heteroatoms. The largest absolute Gasteiger partial charge is 0.507 e. The molecule has 43 heavy (non-hydrogen) atoms. The van der Waals surface area contributed by atoms with Gasteiger partial charge in [-0.15, -0.1) is 5.54 Å². The van der Waals surface area contributed by atoms with Crippen LogP contribution >= 0.6 is 0 Å². The summed E-state index contributed by atoms with van der Waals surface area (Å²) in [6.45, 7) is 6.58. The standard InChI is InChI=1S/C33H30N6O3Si/c1-43(2,3)16-14-23-8-12-28-32(36-23)39(31(37-28)26-5-4-15-35-30(26)34)24-9-10-25-20(18-24)6-11-27(25)38-33(42)21-7-13-29(41)22(17-21)19-40/h4-5,7-10,12-13,15,17-19,27,41H,6,11H2,1-3H3,(H2,34,35)(H,38,42)/t27-/m0/s1. The van der Waals surface area contributed by atoms with Crippen LogP contribution in [-0.4, -0.2) is 44.9 Å². The molecule has 0 saturated heterocycles. The summed E-state index contributed by atoms with van der Waals surface area (Å²) < 4.78 is 1.99. The second kappa shape index (κ2) is 10.9. The number of hydrogen-bond donors (Lipinski definition) is 3. The number of phenolic OH excluding ortho intramolecular Hbond substituents is 1. The average Bonchev–Trinajstić information content (AvgIpc) is 3.56. The van der Waals surface area contributed by atoms with E-state index in [1.165, 1.54) is 18.2 Å². The van der Waals surface area contributed by atoms with E-state index >= 15 is 0 Å². The Kier molecular flexibility index (Phi) is 7.03. The van der Waals surface area contributed by atoms with Gasteiger partial charge in [0.25, 0.3) is 5.91 Å². The van der Waals surface area contributed by atoms with Crippen molar-refractivity contribution in [2.75, 3.05) is 5.73 Å². The smallest absolute Gasteiger partial charge is 0.251 e. The molecule has 9 nitrogen and oxygen atoms in total. The van der Waals surface area contributed by atoms with Gasteiger partial charge in [0, 0.05) is 17.4 Å². The highest BCUT2D eigenvalue weighted by atomic mass is 28.3. The van der Waals surface area contributed by atoms with Crippen molar-refractivity contribution in [2.24, 2.45) is 0 Å². The monoisotopic (exact) mass is 586 g/mol. The van der Waals surface area contributed by atoms with Crippen molar-refractivity contribution in [3.63, 3.8) is 0 Å². The van der Waals surface area contributed by atoms with Crippen molar-refractivity contribution in [1.82, 2.24) is 24.8 Å². The van der Waals surface area contributed by atoms with Crippen LogP contribution in [0.15, 0.2) is 66.9 Å². The van der Waals surface area contributed by atoms with Gasteiger partial charge in [0.2, 0.25) is 0 Å². The summed E-state index contributed by atoms with van der Waals surface area (Å²) >= 11 is 0. The summed E-state index contributed by atoms with van der Waals surface area (Å²) in [6, 6.07) is 17.7. The molecule has 1 aliphatic rings. The predicted octanol–water partition coefficient (Wildman–Crippen LogP) is 5.23. The lowest BCUT2D eigenvalue weighted by molar-refractivity contribution is 0.0936. The van der Waals surface area contributed by atoms with Crippen LogP contribution in [-0.2, 0) is 6.42 Å². The highest BCUT2D eigenvalue weighted by Gasteiger charge is 2.26. The predicted molar refractivity (Wildman–Crippen MR) is 169 cm³/mol.